The third-order valence-electron chi connectivity index (χ3n) is 5.24. The maximum atomic E-state index is 13.5. The number of imidazole rings is 1. The van der Waals surface area contributed by atoms with Gasteiger partial charge >= 0.3 is 6.18 Å². The fourth-order valence-electron chi connectivity index (χ4n) is 3.45. The fraction of sp³-hybridized carbons (Fsp3) is 0.148. The van der Waals surface area contributed by atoms with Crippen molar-refractivity contribution in [2.45, 2.75) is 26.4 Å². The molecule has 0 amide bonds. The van der Waals surface area contributed by atoms with Crippen LogP contribution < -0.4 is 0 Å². The first-order valence-electron chi connectivity index (χ1n) is 10.5. The van der Waals surface area contributed by atoms with Gasteiger partial charge in [-0.2, -0.15) is 13.2 Å². The number of aryl methyl sites for hydroxylation is 2. The molecule has 0 bridgehead atoms. The molecule has 0 aliphatic rings. The molecule has 2 aromatic carbocycles. The zero-order valence-corrected chi connectivity index (χ0v) is 18.5. The summed E-state index contributed by atoms with van der Waals surface area (Å²) in [6, 6.07) is 12.4. The minimum absolute atomic E-state index is 0.177. The molecule has 4 nitrogen and oxygen atoms in total. The molecule has 34 heavy (non-hydrogen) atoms. The zero-order valence-electron chi connectivity index (χ0n) is 18.5. The molecule has 2 aromatic heterocycles. The number of hydrogen-bond donors (Lipinski definition) is 0. The Morgan fingerprint density at radius 1 is 1.06 bits per heavy atom. The van der Waals surface area contributed by atoms with E-state index in [4.69, 9.17) is 0 Å². The predicted octanol–water partition coefficient (Wildman–Crippen LogP) is 5.73. The zero-order chi connectivity index (χ0) is 24.3. The topological polar surface area (TPSA) is 47.8 Å². The van der Waals surface area contributed by atoms with E-state index in [0.29, 0.717) is 22.5 Å². The highest BCUT2D eigenvalue weighted by Crippen LogP contribution is 2.32. The molecular formula is C27H20F3N3O. The summed E-state index contributed by atoms with van der Waals surface area (Å²) in [5.74, 6) is 5.77. The van der Waals surface area contributed by atoms with Gasteiger partial charge in [-0.05, 0) is 61.4 Å². The first kappa shape index (κ1) is 23.0. The summed E-state index contributed by atoms with van der Waals surface area (Å²) in [4.78, 5) is 21.1. The molecule has 7 heteroatoms. The van der Waals surface area contributed by atoms with Gasteiger partial charge in [-0.3, -0.25) is 9.78 Å². The highest BCUT2D eigenvalue weighted by atomic mass is 19.4. The van der Waals surface area contributed by atoms with E-state index in [0.717, 1.165) is 23.3 Å². The van der Waals surface area contributed by atoms with Crippen LogP contribution in [0.1, 0.15) is 43.9 Å². The Morgan fingerprint density at radius 3 is 2.56 bits per heavy atom. The molecular weight excluding hydrogens is 439 g/mol. The number of Topliss-reactive ketones (excluding diaryl/α,β-unsaturated/α-hetero) is 1. The van der Waals surface area contributed by atoms with Gasteiger partial charge in [0.2, 0.25) is 0 Å². The molecule has 4 rings (SSSR count). The smallest absolute Gasteiger partial charge is 0.306 e. The lowest BCUT2D eigenvalue weighted by molar-refractivity contribution is -0.137. The lowest BCUT2D eigenvalue weighted by atomic mass is 9.97. The second-order valence-electron chi connectivity index (χ2n) is 7.93. The highest BCUT2D eigenvalue weighted by Gasteiger charge is 2.31. The van der Waals surface area contributed by atoms with Gasteiger partial charge in [-0.25, -0.2) is 4.98 Å². The van der Waals surface area contributed by atoms with E-state index < -0.39 is 11.7 Å². The molecule has 0 saturated heterocycles. The van der Waals surface area contributed by atoms with Crippen LogP contribution in [0.25, 0.3) is 5.69 Å². The van der Waals surface area contributed by atoms with E-state index in [1.165, 1.54) is 10.9 Å². The maximum Gasteiger partial charge on any atom is 0.416 e. The van der Waals surface area contributed by atoms with Gasteiger partial charge in [-0.15, -0.1) is 0 Å². The van der Waals surface area contributed by atoms with E-state index in [9.17, 15) is 18.0 Å². The number of hydrogen-bond acceptors (Lipinski definition) is 3. The molecule has 0 N–H and O–H groups in total. The summed E-state index contributed by atoms with van der Waals surface area (Å²) in [6.45, 7) is 3.63. The molecule has 4 aromatic rings. The fourth-order valence-corrected chi connectivity index (χ4v) is 3.45. The lowest BCUT2D eigenvalue weighted by Gasteiger charge is -2.13. The van der Waals surface area contributed by atoms with Gasteiger partial charge in [0.25, 0.3) is 0 Å². The molecule has 170 valence electrons. The van der Waals surface area contributed by atoms with Crippen molar-refractivity contribution in [2.24, 2.45) is 0 Å². The Kier molecular flexibility index (Phi) is 6.33. The van der Waals surface area contributed by atoms with Crippen LogP contribution in [-0.2, 0) is 12.6 Å². The lowest BCUT2D eigenvalue weighted by Crippen LogP contribution is -2.10. The van der Waals surface area contributed by atoms with Gasteiger partial charge in [0.05, 0.1) is 17.6 Å². The average Bonchev–Trinajstić information content (AvgIpc) is 3.25. The van der Waals surface area contributed by atoms with Crippen LogP contribution >= 0.6 is 0 Å². The Morgan fingerprint density at radius 2 is 1.88 bits per heavy atom. The maximum absolute atomic E-state index is 13.5. The summed E-state index contributed by atoms with van der Waals surface area (Å²) < 4.78 is 42.1. The standard InChI is InChI=1S/C27H20F3N3O/c1-18-5-7-23(13-22(18)8-6-20-4-3-9-31-15-20)26(34)12-21-10-24(27(28,29)30)14-25(11-21)33-16-19(2)32-17-33/h3-5,7,9-11,13-17H,12H2,1-2H3. The first-order valence-corrected chi connectivity index (χ1v) is 10.5. The number of rotatable bonds is 4. The minimum atomic E-state index is -4.54. The van der Waals surface area contributed by atoms with Gasteiger partial charge in [0.15, 0.2) is 5.78 Å². The van der Waals surface area contributed by atoms with Crippen LogP contribution in [0.15, 0.2) is 73.4 Å². The van der Waals surface area contributed by atoms with E-state index in [-0.39, 0.29) is 17.8 Å². The van der Waals surface area contributed by atoms with Crippen molar-refractivity contribution < 1.29 is 18.0 Å². The van der Waals surface area contributed by atoms with Crippen molar-refractivity contribution in [3.05, 3.63) is 113 Å². The van der Waals surface area contributed by atoms with E-state index in [1.54, 1.807) is 55.8 Å². The number of nitrogens with zero attached hydrogens (tertiary/aromatic N) is 3. The van der Waals surface area contributed by atoms with Gasteiger partial charge in [0, 0.05) is 47.4 Å². The highest BCUT2D eigenvalue weighted by molar-refractivity contribution is 5.98. The van der Waals surface area contributed by atoms with Crippen molar-refractivity contribution in [3.63, 3.8) is 0 Å². The number of carbonyl (C=O) groups is 1. The molecule has 0 spiro atoms. The molecule has 0 unspecified atom stereocenters. The number of ketones is 1. The quantitative estimate of drug-likeness (QED) is 0.289. The molecule has 0 saturated carbocycles. The van der Waals surface area contributed by atoms with Crippen molar-refractivity contribution in [1.29, 1.82) is 0 Å². The summed E-state index contributed by atoms with van der Waals surface area (Å²) in [6.07, 6.45) is 1.66. The monoisotopic (exact) mass is 459 g/mol. The Labute approximate surface area is 195 Å². The number of pyridine rings is 1. The molecule has 0 atom stereocenters. The third-order valence-corrected chi connectivity index (χ3v) is 5.24. The second kappa shape index (κ2) is 9.36. The minimum Gasteiger partial charge on any atom is -0.306 e. The van der Waals surface area contributed by atoms with Crippen LogP contribution in [0, 0.1) is 25.7 Å². The molecule has 0 aliphatic heterocycles. The third kappa shape index (κ3) is 5.41. The predicted molar refractivity (Wildman–Crippen MR) is 123 cm³/mol. The van der Waals surface area contributed by atoms with Crippen molar-refractivity contribution >= 4 is 5.78 Å². The Bertz CT molecular complexity index is 1410. The summed E-state index contributed by atoms with van der Waals surface area (Å²) in [7, 11) is 0. The van der Waals surface area contributed by atoms with E-state index in [1.807, 2.05) is 13.0 Å². The SMILES string of the molecule is Cc1cn(-c2cc(CC(=O)c3ccc(C)c(C#Cc4cccnc4)c3)cc(C(F)(F)F)c2)cn1. The Hall–Kier alpha value is -4.18. The van der Waals surface area contributed by atoms with Crippen LogP contribution in [0.4, 0.5) is 13.2 Å². The summed E-state index contributed by atoms with van der Waals surface area (Å²) >= 11 is 0. The molecule has 0 aliphatic carbocycles. The summed E-state index contributed by atoms with van der Waals surface area (Å²) in [5, 5.41) is 0. The van der Waals surface area contributed by atoms with Crippen LogP contribution in [0.5, 0.6) is 0 Å². The number of halogens is 3. The van der Waals surface area contributed by atoms with E-state index in [2.05, 4.69) is 21.8 Å². The average molecular weight is 459 g/mol. The van der Waals surface area contributed by atoms with Crippen LogP contribution in [-0.4, -0.2) is 20.3 Å². The van der Waals surface area contributed by atoms with Crippen molar-refractivity contribution in [1.82, 2.24) is 14.5 Å². The van der Waals surface area contributed by atoms with Crippen LogP contribution in [0.2, 0.25) is 0 Å². The van der Waals surface area contributed by atoms with Crippen LogP contribution in [0.3, 0.4) is 0 Å². The first-order chi connectivity index (χ1) is 16.2. The number of alkyl halides is 3. The molecule has 0 fully saturated rings. The number of carbonyl (C=O) groups excluding carboxylic acids is 1. The van der Waals surface area contributed by atoms with Gasteiger partial charge in [-0.1, -0.05) is 24.0 Å². The van der Waals surface area contributed by atoms with Crippen molar-refractivity contribution in [2.75, 3.05) is 0 Å². The summed E-state index contributed by atoms with van der Waals surface area (Å²) in [5.41, 5.74) is 3.12. The number of benzene rings is 2. The Balaban J connectivity index is 1.64. The van der Waals surface area contributed by atoms with Gasteiger partial charge in [0.1, 0.15) is 0 Å². The molecule has 2 heterocycles. The van der Waals surface area contributed by atoms with Gasteiger partial charge < -0.3 is 4.57 Å². The van der Waals surface area contributed by atoms with E-state index >= 15 is 0 Å². The number of aromatic nitrogens is 3. The normalized spacial score (nSPS) is 11.1. The second-order valence-corrected chi connectivity index (χ2v) is 7.93. The largest absolute Gasteiger partial charge is 0.416 e. The van der Waals surface area contributed by atoms with Crippen molar-refractivity contribution in [3.8, 4) is 17.5 Å². The molecule has 0 radical (unpaired) electrons.